The number of likely N-dealkylation sites (N-methyl/N-ethyl adjacent to an activating group) is 1. The minimum absolute atomic E-state index is 0.641. The minimum atomic E-state index is -2.03. The molecule has 0 aromatic heterocycles. The first-order chi connectivity index (χ1) is 4.48. The number of nitrogens with zero attached hydrogens (tertiary/aromatic N) is 1. The monoisotopic (exact) mass is 165 g/mol. The molecule has 0 aromatic rings. The summed E-state index contributed by atoms with van der Waals surface area (Å²) in [5, 5.41) is 0. The zero-order chi connectivity index (χ0) is 8.20. The standard InChI is InChI=1S/C6H16NO2P/c1-7(5-6-9-2)10(3,4)8/h5-6H2,1-4H3. The van der Waals surface area contributed by atoms with Gasteiger partial charge in [-0.1, -0.05) is 0 Å². The van der Waals surface area contributed by atoms with Gasteiger partial charge >= 0.3 is 0 Å². The average Bonchev–Trinajstić information content (AvgIpc) is 1.80. The van der Waals surface area contributed by atoms with Gasteiger partial charge in [0.25, 0.3) is 0 Å². The van der Waals surface area contributed by atoms with Crippen molar-refractivity contribution in [2.24, 2.45) is 0 Å². The van der Waals surface area contributed by atoms with Crippen LogP contribution in [0.15, 0.2) is 0 Å². The van der Waals surface area contributed by atoms with E-state index in [9.17, 15) is 4.57 Å². The lowest BCUT2D eigenvalue weighted by atomic mass is 10.7. The van der Waals surface area contributed by atoms with E-state index < -0.39 is 7.29 Å². The van der Waals surface area contributed by atoms with E-state index in [-0.39, 0.29) is 0 Å². The Hall–Kier alpha value is 0.150. The highest BCUT2D eigenvalue weighted by Crippen LogP contribution is 2.38. The van der Waals surface area contributed by atoms with Crippen molar-refractivity contribution in [3.8, 4) is 0 Å². The Morgan fingerprint density at radius 3 is 2.30 bits per heavy atom. The fourth-order valence-corrected chi connectivity index (χ4v) is 1.03. The van der Waals surface area contributed by atoms with Gasteiger partial charge in [-0.15, -0.1) is 0 Å². The van der Waals surface area contributed by atoms with Gasteiger partial charge in [-0.05, 0) is 7.05 Å². The maximum atomic E-state index is 11.3. The molecule has 0 amide bonds. The molecule has 0 atom stereocenters. The summed E-state index contributed by atoms with van der Waals surface area (Å²) < 4.78 is 18.0. The molecular formula is C6H16NO2P. The van der Waals surface area contributed by atoms with Gasteiger partial charge in [0.2, 0.25) is 0 Å². The van der Waals surface area contributed by atoms with Crippen molar-refractivity contribution < 1.29 is 9.30 Å². The predicted molar refractivity (Wildman–Crippen MR) is 44.0 cm³/mol. The van der Waals surface area contributed by atoms with Crippen LogP contribution >= 0.6 is 7.29 Å². The van der Waals surface area contributed by atoms with E-state index in [1.165, 1.54) is 0 Å². The van der Waals surface area contributed by atoms with E-state index in [0.717, 1.165) is 6.54 Å². The molecule has 62 valence electrons. The Bertz CT molecular complexity index is 132. The first-order valence-corrected chi connectivity index (χ1v) is 5.79. The van der Waals surface area contributed by atoms with Crippen LogP contribution in [0.5, 0.6) is 0 Å². The summed E-state index contributed by atoms with van der Waals surface area (Å²) in [5.74, 6) is 0. The lowest BCUT2D eigenvalue weighted by Gasteiger charge is -2.20. The van der Waals surface area contributed by atoms with Crippen molar-refractivity contribution >= 4 is 7.29 Å². The molecule has 0 fully saturated rings. The van der Waals surface area contributed by atoms with Crippen LogP contribution in [0.1, 0.15) is 0 Å². The van der Waals surface area contributed by atoms with Gasteiger partial charge in [-0.3, -0.25) is 4.67 Å². The van der Waals surface area contributed by atoms with Gasteiger partial charge in [-0.25, -0.2) is 0 Å². The van der Waals surface area contributed by atoms with Crippen LogP contribution in [0.2, 0.25) is 0 Å². The zero-order valence-corrected chi connectivity index (χ0v) is 8.02. The van der Waals surface area contributed by atoms with E-state index in [1.807, 2.05) is 11.7 Å². The van der Waals surface area contributed by atoms with Crippen molar-refractivity contribution in [1.29, 1.82) is 0 Å². The highest BCUT2D eigenvalue weighted by molar-refractivity contribution is 7.59. The third kappa shape index (κ3) is 4.04. The smallest absolute Gasteiger partial charge is 0.144 e. The molecule has 0 aromatic carbocycles. The molecule has 0 saturated heterocycles. The largest absolute Gasteiger partial charge is 0.383 e. The second-order valence-corrected chi connectivity index (χ2v) is 5.94. The van der Waals surface area contributed by atoms with E-state index in [1.54, 1.807) is 20.4 Å². The van der Waals surface area contributed by atoms with Gasteiger partial charge < -0.3 is 9.30 Å². The Kier molecular flexibility index (Phi) is 4.18. The topological polar surface area (TPSA) is 29.5 Å². The number of rotatable bonds is 4. The Morgan fingerprint density at radius 2 is 2.00 bits per heavy atom. The molecule has 10 heavy (non-hydrogen) atoms. The Morgan fingerprint density at radius 1 is 1.50 bits per heavy atom. The molecule has 0 bridgehead atoms. The molecule has 0 rings (SSSR count). The van der Waals surface area contributed by atoms with Crippen molar-refractivity contribution in [2.45, 2.75) is 0 Å². The van der Waals surface area contributed by atoms with Crippen LogP contribution in [-0.2, 0) is 9.30 Å². The Labute approximate surface area is 62.8 Å². The van der Waals surface area contributed by atoms with Gasteiger partial charge in [0.1, 0.15) is 7.29 Å². The summed E-state index contributed by atoms with van der Waals surface area (Å²) in [6.45, 7) is 4.88. The molecule has 0 aliphatic rings. The zero-order valence-electron chi connectivity index (χ0n) is 7.13. The van der Waals surface area contributed by atoms with Gasteiger partial charge in [0.15, 0.2) is 0 Å². The first-order valence-electron chi connectivity index (χ1n) is 3.24. The number of methoxy groups -OCH3 is 1. The molecule has 0 N–H and O–H groups in total. The molecule has 0 radical (unpaired) electrons. The van der Waals surface area contributed by atoms with Gasteiger partial charge in [0.05, 0.1) is 6.61 Å². The first kappa shape index (κ1) is 10.2. The second kappa shape index (κ2) is 4.12. The number of hydrogen-bond acceptors (Lipinski definition) is 2. The second-order valence-electron chi connectivity index (χ2n) is 2.67. The number of ether oxygens (including phenoxy) is 1. The molecular weight excluding hydrogens is 149 g/mol. The lowest BCUT2D eigenvalue weighted by molar-refractivity contribution is 0.185. The van der Waals surface area contributed by atoms with Crippen LogP contribution < -0.4 is 0 Å². The summed E-state index contributed by atoms with van der Waals surface area (Å²) in [4.78, 5) is 0. The van der Waals surface area contributed by atoms with Crippen molar-refractivity contribution in [3.63, 3.8) is 0 Å². The Balaban J connectivity index is 3.63. The van der Waals surface area contributed by atoms with Crippen LogP contribution in [0.25, 0.3) is 0 Å². The van der Waals surface area contributed by atoms with Crippen LogP contribution in [-0.4, -0.2) is 45.3 Å². The van der Waals surface area contributed by atoms with Crippen LogP contribution in [0.4, 0.5) is 0 Å². The van der Waals surface area contributed by atoms with E-state index in [0.29, 0.717) is 6.61 Å². The molecule has 3 nitrogen and oxygen atoms in total. The SMILES string of the molecule is COCCN(C)P(C)(C)=O. The quantitative estimate of drug-likeness (QED) is 0.584. The summed E-state index contributed by atoms with van der Waals surface area (Å²) in [5.41, 5.74) is 0. The van der Waals surface area contributed by atoms with E-state index in [2.05, 4.69) is 0 Å². The van der Waals surface area contributed by atoms with E-state index in [4.69, 9.17) is 4.74 Å². The lowest BCUT2D eigenvalue weighted by Crippen LogP contribution is -2.18. The highest BCUT2D eigenvalue weighted by atomic mass is 31.2. The maximum Gasteiger partial charge on any atom is 0.144 e. The fraction of sp³-hybridized carbons (Fsp3) is 1.00. The molecule has 0 heterocycles. The van der Waals surface area contributed by atoms with Crippen LogP contribution in [0, 0.1) is 0 Å². The highest BCUT2D eigenvalue weighted by Gasteiger charge is 2.12. The third-order valence-electron chi connectivity index (χ3n) is 1.44. The van der Waals surface area contributed by atoms with Gasteiger partial charge in [-0.2, -0.15) is 0 Å². The predicted octanol–water partition coefficient (Wildman–Crippen LogP) is 1.10. The van der Waals surface area contributed by atoms with Crippen molar-refractivity contribution in [1.82, 2.24) is 4.67 Å². The van der Waals surface area contributed by atoms with Crippen LogP contribution in [0.3, 0.4) is 0 Å². The fourth-order valence-electron chi connectivity index (χ4n) is 0.464. The summed E-state index contributed by atoms with van der Waals surface area (Å²) in [6.07, 6.45) is 0. The molecule has 4 heteroatoms. The normalized spacial score (nSPS) is 12.5. The van der Waals surface area contributed by atoms with E-state index >= 15 is 0 Å². The van der Waals surface area contributed by atoms with Crippen molar-refractivity contribution in [2.75, 3.05) is 40.6 Å². The summed E-state index contributed by atoms with van der Waals surface area (Å²) in [7, 11) is 1.46. The molecule has 0 aliphatic carbocycles. The molecule has 0 aliphatic heterocycles. The maximum absolute atomic E-state index is 11.3. The summed E-state index contributed by atoms with van der Waals surface area (Å²) >= 11 is 0. The molecule has 0 unspecified atom stereocenters. The van der Waals surface area contributed by atoms with Gasteiger partial charge in [0, 0.05) is 27.0 Å². The third-order valence-corrected chi connectivity index (χ3v) is 3.29. The number of hydrogen-bond donors (Lipinski definition) is 0. The summed E-state index contributed by atoms with van der Waals surface area (Å²) in [6, 6.07) is 0. The average molecular weight is 165 g/mol. The minimum Gasteiger partial charge on any atom is -0.383 e. The molecule has 0 spiro atoms. The molecule has 0 saturated carbocycles. The van der Waals surface area contributed by atoms with Crippen molar-refractivity contribution in [3.05, 3.63) is 0 Å².